The third kappa shape index (κ3) is 5.17. The monoisotopic (exact) mass is 424 g/mol. The van der Waals surface area contributed by atoms with Gasteiger partial charge in [-0.2, -0.15) is 5.26 Å². The van der Waals surface area contributed by atoms with E-state index in [-0.39, 0.29) is 11.6 Å². The molecule has 2 aromatic rings. The smallest absolute Gasteiger partial charge is 0.262 e. The SMILES string of the molecule is CC(C)NC(=O)C(C#N)=Cc1cc(Br)c(Sc2ccc(Cl)cc2)o1. The molecule has 1 aromatic carbocycles. The number of carbonyl (C=O) groups excluding carboxylic acids is 1. The van der Waals surface area contributed by atoms with Crippen molar-refractivity contribution in [2.75, 3.05) is 0 Å². The van der Waals surface area contributed by atoms with Crippen LogP contribution >= 0.6 is 39.3 Å². The molecule has 0 aliphatic rings. The second-order valence-corrected chi connectivity index (χ2v) is 7.48. The number of furan rings is 1. The van der Waals surface area contributed by atoms with Crippen LogP contribution in [0.4, 0.5) is 0 Å². The fourth-order valence-corrected chi connectivity index (χ4v) is 3.21. The zero-order valence-corrected chi connectivity index (χ0v) is 16.1. The van der Waals surface area contributed by atoms with Crippen LogP contribution in [0, 0.1) is 11.3 Å². The van der Waals surface area contributed by atoms with Crippen LogP contribution in [0.5, 0.6) is 0 Å². The highest BCUT2D eigenvalue weighted by molar-refractivity contribution is 9.10. The summed E-state index contributed by atoms with van der Waals surface area (Å²) in [5.74, 6) is 0.000668. The summed E-state index contributed by atoms with van der Waals surface area (Å²) >= 11 is 10.7. The minimum absolute atomic E-state index is 0.00649. The summed E-state index contributed by atoms with van der Waals surface area (Å²) in [5.41, 5.74) is -0.00649. The van der Waals surface area contributed by atoms with Crippen LogP contribution in [0.15, 0.2) is 54.8 Å². The highest BCUT2D eigenvalue weighted by Crippen LogP contribution is 2.36. The van der Waals surface area contributed by atoms with E-state index in [1.807, 2.05) is 32.0 Å². The number of halogens is 2. The largest absolute Gasteiger partial charge is 0.449 e. The summed E-state index contributed by atoms with van der Waals surface area (Å²) < 4.78 is 6.46. The summed E-state index contributed by atoms with van der Waals surface area (Å²) in [6.07, 6.45) is 1.42. The van der Waals surface area contributed by atoms with Gasteiger partial charge in [-0.25, -0.2) is 0 Å². The van der Waals surface area contributed by atoms with E-state index in [2.05, 4.69) is 21.2 Å². The first-order valence-electron chi connectivity index (χ1n) is 7.04. The van der Waals surface area contributed by atoms with Crippen molar-refractivity contribution in [3.63, 3.8) is 0 Å². The molecule has 1 heterocycles. The predicted molar refractivity (Wildman–Crippen MR) is 98.9 cm³/mol. The van der Waals surface area contributed by atoms with Gasteiger partial charge in [0.1, 0.15) is 17.4 Å². The summed E-state index contributed by atoms with van der Waals surface area (Å²) in [6, 6.07) is 10.9. The van der Waals surface area contributed by atoms with Gasteiger partial charge in [-0.05, 0) is 60.1 Å². The van der Waals surface area contributed by atoms with Gasteiger partial charge in [-0.15, -0.1) is 0 Å². The van der Waals surface area contributed by atoms with Crippen molar-refractivity contribution in [1.29, 1.82) is 5.26 Å². The van der Waals surface area contributed by atoms with Crippen molar-refractivity contribution in [3.8, 4) is 6.07 Å². The standard InChI is InChI=1S/C17H14BrClN2O2S/c1-10(2)21-16(22)11(9-20)7-13-8-15(18)17(23-13)24-14-5-3-12(19)4-6-14/h3-8,10H,1-2H3,(H,21,22). The van der Waals surface area contributed by atoms with E-state index in [1.165, 1.54) is 17.8 Å². The first-order chi connectivity index (χ1) is 11.4. The Balaban J connectivity index is 2.21. The zero-order chi connectivity index (χ0) is 17.7. The topological polar surface area (TPSA) is 66.0 Å². The average Bonchev–Trinajstić information content (AvgIpc) is 2.86. The lowest BCUT2D eigenvalue weighted by molar-refractivity contribution is -0.117. The Morgan fingerprint density at radius 2 is 2.08 bits per heavy atom. The van der Waals surface area contributed by atoms with E-state index in [0.717, 1.165) is 9.37 Å². The molecule has 0 bridgehead atoms. The third-order valence-electron chi connectivity index (χ3n) is 2.77. The van der Waals surface area contributed by atoms with Crippen molar-refractivity contribution < 1.29 is 9.21 Å². The predicted octanol–water partition coefficient (Wildman–Crippen LogP) is 5.28. The van der Waals surface area contributed by atoms with Crippen LogP contribution in [0.2, 0.25) is 5.02 Å². The molecule has 2 rings (SSSR count). The van der Waals surface area contributed by atoms with Gasteiger partial charge in [0.15, 0.2) is 5.09 Å². The number of hydrogen-bond donors (Lipinski definition) is 1. The van der Waals surface area contributed by atoms with Crippen LogP contribution in [-0.4, -0.2) is 11.9 Å². The van der Waals surface area contributed by atoms with Crippen LogP contribution in [0.25, 0.3) is 6.08 Å². The lowest BCUT2D eigenvalue weighted by Crippen LogP contribution is -2.30. The zero-order valence-electron chi connectivity index (χ0n) is 13.0. The van der Waals surface area contributed by atoms with Crippen molar-refractivity contribution in [2.24, 2.45) is 0 Å². The molecule has 0 saturated carbocycles. The molecular weight excluding hydrogens is 412 g/mol. The first-order valence-corrected chi connectivity index (χ1v) is 9.03. The van der Waals surface area contributed by atoms with Gasteiger partial charge in [0, 0.05) is 22.0 Å². The van der Waals surface area contributed by atoms with Crippen LogP contribution in [0.1, 0.15) is 19.6 Å². The van der Waals surface area contributed by atoms with Gasteiger partial charge in [-0.1, -0.05) is 23.4 Å². The maximum atomic E-state index is 11.9. The molecule has 7 heteroatoms. The van der Waals surface area contributed by atoms with E-state index in [9.17, 15) is 4.79 Å². The van der Waals surface area contributed by atoms with Gasteiger partial charge in [0.25, 0.3) is 5.91 Å². The normalized spacial score (nSPS) is 11.4. The van der Waals surface area contributed by atoms with Gasteiger partial charge in [-0.3, -0.25) is 4.79 Å². The highest BCUT2D eigenvalue weighted by Gasteiger charge is 2.14. The molecule has 1 amide bonds. The Bertz CT molecular complexity index is 807. The molecular formula is C17H14BrClN2O2S. The number of hydrogen-bond acceptors (Lipinski definition) is 4. The van der Waals surface area contributed by atoms with E-state index in [1.54, 1.807) is 18.2 Å². The lowest BCUT2D eigenvalue weighted by Gasteiger charge is -2.06. The van der Waals surface area contributed by atoms with E-state index in [0.29, 0.717) is 15.9 Å². The molecule has 0 aliphatic heterocycles. The lowest BCUT2D eigenvalue weighted by atomic mass is 10.2. The summed E-state index contributed by atoms with van der Waals surface area (Å²) in [7, 11) is 0. The Kier molecular flexibility index (Phi) is 6.55. The van der Waals surface area contributed by atoms with Crippen molar-refractivity contribution in [1.82, 2.24) is 5.32 Å². The molecule has 0 aliphatic carbocycles. The minimum atomic E-state index is -0.424. The Hall–Kier alpha value is -1.68. The second kappa shape index (κ2) is 8.43. The van der Waals surface area contributed by atoms with Gasteiger partial charge >= 0.3 is 0 Å². The number of carbonyl (C=O) groups is 1. The molecule has 4 nitrogen and oxygen atoms in total. The average molecular weight is 426 g/mol. The molecule has 24 heavy (non-hydrogen) atoms. The number of benzene rings is 1. The summed E-state index contributed by atoms with van der Waals surface area (Å²) in [4.78, 5) is 12.9. The molecule has 1 aromatic heterocycles. The Morgan fingerprint density at radius 1 is 1.42 bits per heavy atom. The number of nitrogens with one attached hydrogen (secondary N) is 1. The van der Waals surface area contributed by atoms with Gasteiger partial charge in [0.2, 0.25) is 0 Å². The fraction of sp³-hybridized carbons (Fsp3) is 0.176. The second-order valence-electron chi connectivity index (χ2n) is 5.14. The van der Waals surface area contributed by atoms with Crippen molar-refractivity contribution in [3.05, 3.63) is 51.2 Å². The van der Waals surface area contributed by atoms with Gasteiger partial charge < -0.3 is 9.73 Å². The van der Waals surface area contributed by atoms with E-state index >= 15 is 0 Å². The third-order valence-corrected chi connectivity index (χ3v) is 4.87. The molecule has 0 spiro atoms. The molecule has 0 fully saturated rings. The quantitative estimate of drug-likeness (QED) is 0.523. The summed E-state index contributed by atoms with van der Waals surface area (Å²) in [6.45, 7) is 3.66. The van der Waals surface area contributed by atoms with E-state index < -0.39 is 5.91 Å². The highest BCUT2D eigenvalue weighted by atomic mass is 79.9. The summed E-state index contributed by atoms with van der Waals surface area (Å²) in [5, 5.41) is 13.1. The fourth-order valence-electron chi connectivity index (χ4n) is 1.75. The minimum Gasteiger partial charge on any atom is -0.449 e. The van der Waals surface area contributed by atoms with Gasteiger partial charge in [0.05, 0.1) is 4.47 Å². The molecule has 1 N–H and O–H groups in total. The molecule has 124 valence electrons. The van der Waals surface area contributed by atoms with Crippen LogP contribution in [0.3, 0.4) is 0 Å². The van der Waals surface area contributed by atoms with Crippen LogP contribution in [-0.2, 0) is 4.79 Å². The maximum Gasteiger partial charge on any atom is 0.262 e. The molecule has 0 atom stereocenters. The Labute approximate surface area is 158 Å². The number of rotatable bonds is 5. The maximum absolute atomic E-state index is 11.9. The first kappa shape index (κ1) is 18.7. The molecule has 0 radical (unpaired) electrons. The van der Waals surface area contributed by atoms with Crippen molar-refractivity contribution >= 4 is 51.3 Å². The molecule has 0 saturated heterocycles. The Morgan fingerprint density at radius 3 is 2.67 bits per heavy atom. The number of nitriles is 1. The van der Waals surface area contributed by atoms with Crippen LogP contribution < -0.4 is 5.32 Å². The molecule has 0 unspecified atom stereocenters. The number of nitrogens with zero attached hydrogens (tertiary/aromatic N) is 1. The van der Waals surface area contributed by atoms with Crippen molar-refractivity contribution in [2.45, 2.75) is 29.9 Å². The number of amides is 1. The van der Waals surface area contributed by atoms with E-state index in [4.69, 9.17) is 21.3 Å².